The summed E-state index contributed by atoms with van der Waals surface area (Å²) in [6.07, 6.45) is 4.66. The van der Waals surface area contributed by atoms with Crippen LogP contribution in [0.4, 0.5) is 5.69 Å². The van der Waals surface area contributed by atoms with Crippen LogP contribution in [0.2, 0.25) is 0 Å². The van der Waals surface area contributed by atoms with Gasteiger partial charge in [-0.3, -0.25) is 0 Å². The maximum Gasteiger partial charge on any atom is 0.0952 e. The van der Waals surface area contributed by atoms with Gasteiger partial charge in [0.2, 0.25) is 0 Å². The van der Waals surface area contributed by atoms with E-state index in [1.807, 2.05) is 6.07 Å². The van der Waals surface area contributed by atoms with Crippen LogP contribution < -0.4 is 10.2 Å². The van der Waals surface area contributed by atoms with E-state index in [1.165, 1.54) is 16.8 Å². The highest BCUT2D eigenvalue weighted by Crippen LogP contribution is 2.30. The van der Waals surface area contributed by atoms with Crippen molar-refractivity contribution in [2.24, 2.45) is 0 Å². The van der Waals surface area contributed by atoms with Gasteiger partial charge in [-0.1, -0.05) is 22.9 Å². The smallest absolute Gasteiger partial charge is 0.0952 e. The van der Waals surface area contributed by atoms with Gasteiger partial charge in [-0.2, -0.15) is 0 Å². The molecule has 4 heteroatoms. The molecule has 0 fully saturated rings. The van der Waals surface area contributed by atoms with Gasteiger partial charge in [0.1, 0.15) is 0 Å². The molecule has 1 N–H and O–H groups in total. The van der Waals surface area contributed by atoms with Gasteiger partial charge >= 0.3 is 0 Å². The fraction of sp³-hybridized carbons (Fsp3) is 0.412. The van der Waals surface area contributed by atoms with Gasteiger partial charge in [0, 0.05) is 35.4 Å². The zero-order valence-electron chi connectivity index (χ0n) is 12.9. The second kappa shape index (κ2) is 7.66. The number of rotatable bonds is 7. The number of hydrogen-bond acceptors (Lipinski definition) is 3. The Hall–Kier alpha value is -1.26. The molecule has 0 spiro atoms. The lowest BCUT2D eigenvalue weighted by molar-refractivity contribution is 0.562. The zero-order chi connectivity index (χ0) is 15.2. The lowest BCUT2D eigenvalue weighted by Crippen LogP contribution is -2.24. The van der Waals surface area contributed by atoms with Crippen LogP contribution in [0, 0.1) is 0 Å². The van der Waals surface area contributed by atoms with E-state index < -0.39 is 0 Å². The summed E-state index contributed by atoms with van der Waals surface area (Å²) >= 11 is 3.58. The molecule has 21 heavy (non-hydrogen) atoms. The molecule has 3 nitrogen and oxygen atoms in total. The predicted molar refractivity (Wildman–Crippen MR) is 91.7 cm³/mol. The number of anilines is 1. The highest BCUT2D eigenvalue weighted by Gasteiger charge is 2.14. The fourth-order valence-electron chi connectivity index (χ4n) is 2.43. The molecule has 1 aromatic carbocycles. The molecular formula is C17H23BrN2O. The quantitative estimate of drug-likeness (QED) is 0.781. The summed E-state index contributed by atoms with van der Waals surface area (Å²) in [6, 6.07) is 8.80. The van der Waals surface area contributed by atoms with Crippen molar-refractivity contribution in [1.29, 1.82) is 0 Å². The van der Waals surface area contributed by atoms with E-state index in [0.29, 0.717) is 6.04 Å². The number of halogens is 1. The largest absolute Gasteiger partial charge is 0.472 e. The number of furan rings is 1. The molecule has 0 radical (unpaired) electrons. The topological polar surface area (TPSA) is 28.4 Å². The average molecular weight is 351 g/mol. The molecular weight excluding hydrogens is 328 g/mol. The van der Waals surface area contributed by atoms with E-state index in [0.717, 1.165) is 24.0 Å². The number of hydrogen-bond donors (Lipinski definition) is 1. The van der Waals surface area contributed by atoms with Crippen molar-refractivity contribution >= 4 is 21.6 Å². The summed E-state index contributed by atoms with van der Waals surface area (Å²) in [4.78, 5) is 2.26. The molecule has 1 unspecified atom stereocenters. The molecule has 0 aliphatic rings. The Labute approximate surface area is 135 Å². The fourth-order valence-corrected chi connectivity index (χ4v) is 2.81. The SMILES string of the molecule is CCCNC(C)c1cc(Br)ccc1N(C)Cc1ccoc1. The summed E-state index contributed by atoms with van der Waals surface area (Å²) in [5, 5.41) is 3.56. The van der Waals surface area contributed by atoms with Gasteiger partial charge in [0.15, 0.2) is 0 Å². The van der Waals surface area contributed by atoms with Crippen molar-refractivity contribution in [2.45, 2.75) is 32.9 Å². The van der Waals surface area contributed by atoms with Crippen LogP contribution in [0.3, 0.4) is 0 Å². The van der Waals surface area contributed by atoms with Crippen LogP contribution in [0.1, 0.15) is 37.4 Å². The van der Waals surface area contributed by atoms with E-state index in [-0.39, 0.29) is 0 Å². The normalized spacial score (nSPS) is 12.4. The molecule has 2 rings (SSSR count). The number of nitrogens with zero attached hydrogens (tertiary/aromatic N) is 1. The average Bonchev–Trinajstić information content (AvgIpc) is 2.97. The number of benzene rings is 1. The minimum atomic E-state index is 0.323. The van der Waals surface area contributed by atoms with Crippen LogP contribution in [0.25, 0.3) is 0 Å². The maximum absolute atomic E-state index is 5.15. The van der Waals surface area contributed by atoms with Crippen LogP contribution in [-0.2, 0) is 6.54 Å². The third-order valence-corrected chi connectivity index (χ3v) is 4.06. The Balaban J connectivity index is 2.21. The Morgan fingerprint density at radius 3 is 2.81 bits per heavy atom. The Morgan fingerprint density at radius 2 is 2.14 bits per heavy atom. The van der Waals surface area contributed by atoms with Crippen molar-refractivity contribution in [2.75, 3.05) is 18.5 Å². The second-order valence-electron chi connectivity index (χ2n) is 5.37. The molecule has 0 saturated carbocycles. The van der Waals surface area contributed by atoms with E-state index in [4.69, 9.17) is 4.42 Å². The molecule has 0 aliphatic heterocycles. The van der Waals surface area contributed by atoms with E-state index in [1.54, 1.807) is 12.5 Å². The monoisotopic (exact) mass is 350 g/mol. The molecule has 0 saturated heterocycles. The zero-order valence-corrected chi connectivity index (χ0v) is 14.5. The Morgan fingerprint density at radius 1 is 1.33 bits per heavy atom. The lowest BCUT2D eigenvalue weighted by atomic mass is 10.0. The molecule has 1 heterocycles. The minimum Gasteiger partial charge on any atom is -0.472 e. The number of nitrogens with one attached hydrogen (secondary N) is 1. The standard InChI is InChI=1S/C17H23BrN2O/c1-4-8-19-13(2)16-10-15(18)5-6-17(16)20(3)11-14-7-9-21-12-14/h5-7,9-10,12-13,19H,4,8,11H2,1-3H3. The molecule has 114 valence electrons. The van der Waals surface area contributed by atoms with Gasteiger partial charge in [-0.25, -0.2) is 0 Å². The third-order valence-electron chi connectivity index (χ3n) is 3.57. The van der Waals surface area contributed by atoms with Crippen molar-refractivity contribution in [1.82, 2.24) is 5.32 Å². The van der Waals surface area contributed by atoms with Crippen LogP contribution in [0.15, 0.2) is 45.7 Å². The molecule has 2 aromatic rings. The first-order chi connectivity index (χ1) is 10.1. The van der Waals surface area contributed by atoms with Gasteiger partial charge in [0.05, 0.1) is 12.5 Å². The van der Waals surface area contributed by atoms with Crippen LogP contribution in [-0.4, -0.2) is 13.6 Å². The first kappa shape index (κ1) is 16.1. The second-order valence-corrected chi connectivity index (χ2v) is 6.28. The summed E-state index contributed by atoms with van der Waals surface area (Å²) < 4.78 is 6.27. The molecule has 0 bridgehead atoms. The molecule has 0 amide bonds. The van der Waals surface area contributed by atoms with Crippen LogP contribution >= 0.6 is 15.9 Å². The van der Waals surface area contributed by atoms with Gasteiger partial charge < -0.3 is 14.6 Å². The lowest BCUT2D eigenvalue weighted by Gasteiger charge is -2.25. The first-order valence-corrected chi connectivity index (χ1v) is 8.16. The summed E-state index contributed by atoms with van der Waals surface area (Å²) in [5.41, 5.74) is 3.74. The molecule has 1 atom stereocenters. The summed E-state index contributed by atoms with van der Waals surface area (Å²) in [5.74, 6) is 0. The minimum absolute atomic E-state index is 0.323. The van der Waals surface area contributed by atoms with Gasteiger partial charge in [-0.15, -0.1) is 0 Å². The van der Waals surface area contributed by atoms with Crippen molar-refractivity contribution in [3.63, 3.8) is 0 Å². The van der Waals surface area contributed by atoms with E-state index in [9.17, 15) is 0 Å². The van der Waals surface area contributed by atoms with E-state index in [2.05, 4.69) is 65.2 Å². The summed E-state index contributed by atoms with van der Waals surface area (Å²) in [6.45, 7) is 6.27. The molecule has 0 aliphatic carbocycles. The Kier molecular flexibility index (Phi) is 5.88. The Bertz CT molecular complexity index is 554. The highest BCUT2D eigenvalue weighted by atomic mass is 79.9. The maximum atomic E-state index is 5.15. The third kappa shape index (κ3) is 4.35. The first-order valence-electron chi connectivity index (χ1n) is 7.37. The van der Waals surface area contributed by atoms with Crippen molar-refractivity contribution in [3.05, 3.63) is 52.4 Å². The predicted octanol–water partition coefficient (Wildman–Crippen LogP) is 4.74. The highest BCUT2D eigenvalue weighted by molar-refractivity contribution is 9.10. The van der Waals surface area contributed by atoms with Crippen molar-refractivity contribution in [3.8, 4) is 0 Å². The van der Waals surface area contributed by atoms with E-state index >= 15 is 0 Å². The summed E-state index contributed by atoms with van der Waals surface area (Å²) in [7, 11) is 2.12. The van der Waals surface area contributed by atoms with Gasteiger partial charge in [-0.05, 0) is 49.7 Å². The van der Waals surface area contributed by atoms with Crippen LogP contribution in [0.5, 0.6) is 0 Å². The van der Waals surface area contributed by atoms with Crippen molar-refractivity contribution < 1.29 is 4.42 Å². The molecule has 1 aromatic heterocycles. The van der Waals surface area contributed by atoms with Gasteiger partial charge in [0.25, 0.3) is 0 Å².